The van der Waals surface area contributed by atoms with Crippen molar-refractivity contribution < 1.29 is 28.2 Å². The number of nitrogens with zero attached hydrogens (tertiary/aromatic N) is 2. The second-order valence-electron chi connectivity index (χ2n) is 5.68. The number of ether oxygens (including phenoxy) is 2. The molecule has 8 heteroatoms. The van der Waals surface area contributed by atoms with Gasteiger partial charge in [-0.15, -0.1) is 0 Å². The van der Waals surface area contributed by atoms with Gasteiger partial charge >= 0.3 is 5.97 Å². The quantitative estimate of drug-likeness (QED) is 0.734. The molecule has 2 unspecified atom stereocenters. The number of methoxy groups -OCH3 is 1. The molecule has 2 amide bonds. The van der Waals surface area contributed by atoms with Gasteiger partial charge in [0.25, 0.3) is 5.91 Å². The Labute approximate surface area is 137 Å². The lowest BCUT2D eigenvalue weighted by molar-refractivity contribution is -0.153. The molecule has 2 fully saturated rings. The third-order valence-corrected chi connectivity index (χ3v) is 4.20. The Hall–Kier alpha value is -2.64. The minimum atomic E-state index is -0.834. The van der Waals surface area contributed by atoms with Gasteiger partial charge in [-0.1, -0.05) is 6.07 Å². The van der Waals surface area contributed by atoms with E-state index in [0.29, 0.717) is 6.54 Å². The molecule has 0 spiro atoms. The molecule has 3 rings (SSSR count). The van der Waals surface area contributed by atoms with Crippen molar-refractivity contribution in [2.75, 3.05) is 26.7 Å². The molecule has 2 atom stereocenters. The predicted molar refractivity (Wildman–Crippen MR) is 79.5 cm³/mol. The van der Waals surface area contributed by atoms with Crippen molar-refractivity contribution in [3.05, 3.63) is 30.1 Å². The van der Waals surface area contributed by atoms with E-state index in [4.69, 9.17) is 4.74 Å². The molecule has 1 aromatic carbocycles. The van der Waals surface area contributed by atoms with Crippen LogP contribution in [0.15, 0.2) is 24.3 Å². The summed E-state index contributed by atoms with van der Waals surface area (Å²) in [5.41, 5.74) is 0. The van der Waals surface area contributed by atoms with Crippen LogP contribution in [-0.2, 0) is 19.1 Å². The summed E-state index contributed by atoms with van der Waals surface area (Å²) in [6.45, 7) is 0.460. The standard InChI is InChI=1S/C16H17FN2O5/c1-23-14(20)9-18-5-6-19-12(15(18)21)8-13(16(19)22)24-11-4-2-3-10(17)7-11/h2-4,7,12-13H,5-6,8-9H2,1H3. The lowest BCUT2D eigenvalue weighted by atomic mass is 10.1. The fourth-order valence-electron chi connectivity index (χ4n) is 3.00. The smallest absolute Gasteiger partial charge is 0.325 e. The highest BCUT2D eigenvalue weighted by Gasteiger charge is 2.48. The lowest BCUT2D eigenvalue weighted by Gasteiger charge is -2.35. The first kappa shape index (κ1) is 16.2. The third-order valence-electron chi connectivity index (χ3n) is 4.20. The first-order valence-electron chi connectivity index (χ1n) is 7.58. The summed E-state index contributed by atoms with van der Waals surface area (Å²) < 4.78 is 23.3. The van der Waals surface area contributed by atoms with E-state index in [1.54, 1.807) is 6.07 Å². The van der Waals surface area contributed by atoms with Crippen molar-refractivity contribution >= 4 is 17.8 Å². The second-order valence-corrected chi connectivity index (χ2v) is 5.68. The Bertz CT molecular complexity index is 680. The van der Waals surface area contributed by atoms with Crippen LogP contribution in [-0.4, -0.2) is 66.5 Å². The first-order valence-corrected chi connectivity index (χ1v) is 7.58. The normalized spacial score (nSPS) is 23.2. The van der Waals surface area contributed by atoms with Crippen LogP contribution in [0.25, 0.3) is 0 Å². The molecule has 2 aliphatic rings. The van der Waals surface area contributed by atoms with Gasteiger partial charge in [0.05, 0.1) is 7.11 Å². The van der Waals surface area contributed by atoms with E-state index in [1.165, 1.54) is 35.1 Å². The largest absolute Gasteiger partial charge is 0.480 e. The molecule has 0 aromatic heterocycles. The number of amides is 2. The number of piperazine rings is 1. The summed E-state index contributed by atoms with van der Waals surface area (Å²) in [4.78, 5) is 39.1. The number of carbonyl (C=O) groups excluding carboxylic acids is 3. The number of benzene rings is 1. The molecular formula is C16H17FN2O5. The van der Waals surface area contributed by atoms with Crippen LogP contribution in [0.2, 0.25) is 0 Å². The molecule has 7 nitrogen and oxygen atoms in total. The van der Waals surface area contributed by atoms with Crippen molar-refractivity contribution in [2.24, 2.45) is 0 Å². The van der Waals surface area contributed by atoms with Crippen molar-refractivity contribution in [2.45, 2.75) is 18.6 Å². The van der Waals surface area contributed by atoms with E-state index in [2.05, 4.69) is 4.74 Å². The van der Waals surface area contributed by atoms with Gasteiger partial charge in [0.2, 0.25) is 5.91 Å². The van der Waals surface area contributed by atoms with Gasteiger partial charge in [-0.25, -0.2) is 4.39 Å². The van der Waals surface area contributed by atoms with Gasteiger partial charge < -0.3 is 19.3 Å². The highest BCUT2D eigenvalue weighted by molar-refractivity contribution is 5.95. The molecule has 0 N–H and O–H groups in total. The minimum absolute atomic E-state index is 0.136. The second kappa shape index (κ2) is 6.46. The molecule has 2 aliphatic heterocycles. The number of esters is 1. The van der Waals surface area contributed by atoms with E-state index in [9.17, 15) is 18.8 Å². The summed E-state index contributed by atoms with van der Waals surface area (Å²) in [6.07, 6.45) is -0.662. The highest BCUT2D eigenvalue weighted by Crippen LogP contribution is 2.28. The molecule has 2 saturated heterocycles. The summed E-state index contributed by atoms with van der Waals surface area (Å²) in [5.74, 6) is -1.32. The summed E-state index contributed by atoms with van der Waals surface area (Å²) in [5, 5.41) is 0. The third kappa shape index (κ3) is 3.04. The number of halogens is 1. The Morgan fingerprint density at radius 2 is 2.08 bits per heavy atom. The van der Waals surface area contributed by atoms with Crippen molar-refractivity contribution in [3.8, 4) is 5.75 Å². The zero-order chi connectivity index (χ0) is 17.3. The van der Waals surface area contributed by atoms with Crippen LogP contribution in [0, 0.1) is 5.82 Å². The minimum Gasteiger partial charge on any atom is -0.480 e. The van der Waals surface area contributed by atoms with Crippen LogP contribution in [0.4, 0.5) is 4.39 Å². The number of hydrogen-bond acceptors (Lipinski definition) is 5. The molecule has 1 aromatic rings. The molecule has 0 aliphatic carbocycles. The molecule has 0 saturated carbocycles. The SMILES string of the molecule is COC(=O)CN1CCN2C(=O)C(Oc3cccc(F)c3)CC2C1=O. The maximum Gasteiger partial charge on any atom is 0.325 e. The Kier molecular flexibility index (Phi) is 4.37. The monoisotopic (exact) mass is 336 g/mol. The maximum absolute atomic E-state index is 13.2. The van der Waals surface area contributed by atoms with Crippen LogP contribution in [0.5, 0.6) is 5.75 Å². The van der Waals surface area contributed by atoms with Crippen molar-refractivity contribution in [1.82, 2.24) is 9.80 Å². The molecule has 24 heavy (non-hydrogen) atoms. The molecular weight excluding hydrogens is 319 g/mol. The highest BCUT2D eigenvalue weighted by atomic mass is 19.1. The van der Waals surface area contributed by atoms with Gasteiger partial charge in [0.1, 0.15) is 24.2 Å². The van der Waals surface area contributed by atoms with E-state index in [1.807, 2.05) is 0 Å². The van der Waals surface area contributed by atoms with Gasteiger partial charge in [0, 0.05) is 25.6 Å². The van der Waals surface area contributed by atoms with E-state index >= 15 is 0 Å². The number of rotatable bonds is 4. The van der Waals surface area contributed by atoms with Crippen LogP contribution >= 0.6 is 0 Å². The number of carbonyl (C=O) groups is 3. The molecule has 2 heterocycles. The average Bonchev–Trinajstić information content (AvgIpc) is 2.87. The van der Waals surface area contributed by atoms with Gasteiger partial charge in [0.15, 0.2) is 6.10 Å². The predicted octanol–water partition coefficient (Wildman–Crippen LogP) is 0.189. The molecule has 0 bridgehead atoms. The van der Waals surface area contributed by atoms with Crippen LogP contribution < -0.4 is 4.74 Å². The van der Waals surface area contributed by atoms with Crippen molar-refractivity contribution in [3.63, 3.8) is 0 Å². The Balaban J connectivity index is 1.69. The van der Waals surface area contributed by atoms with Crippen LogP contribution in [0.1, 0.15) is 6.42 Å². The average molecular weight is 336 g/mol. The summed E-state index contributed by atoms with van der Waals surface area (Å²) in [6, 6.07) is 4.85. The van der Waals surface area contributed by atoms with Crippen LogP contribution in [0.3, 0.4) is 0 Å². The first-order chi connectivity index (χ1) is 11.5. The fourth-order valence-corrected chi connectivity index (χ4v) is 3.00. The maximum atomic E-state index is 13.2. The number of hydrogen-bond donors (Lipinski definition) is 0. The lowest BCUT2D eigenvalue weighted by Crippen LogP contribution is -2.56. The zero-order valence-electron chi connectivity index (χ0n) is 13.1. The fraction of sp³-hybridized carbons (Fsp3) is 0.438. The summed E-state index contributed by atoms with van der Waals surface area (Å²) >= 11 is 0. The zero-order valence-corrected chi connectivity index (χ0v) is 13.1. The molecule has 0 radical (unpaired) electrons. The van der Waals surface area contributed by atoms with Gasteiger partial charge in [-0.05, 0) is 12.1 Å². The van der Waals surface area contributed by atoms with Gasteiger partial charge in [-0.3, -0.25) is 14.4 Å². The van der Waals surface area contributed by atoms with E-state index in [-0.39, 0.29) is 37.1 Å². The Morgan fingerprint density at radius 1 is 1.29 bits per heavy atom. The van der Waals surface area contributed by atoms with Crippen molar-refractivity contribution in [1.29, 1.82) is 0 Å². The van der Waals surface area contributed by atoms with E-state index < -0.39 is 23.9 Å². The van der Waals surface area contributed by atoms with Gasteiger partial charge in [-0.2, -0.15) is 0 Å². The van der Waals surface area contributed by atoms with E-state index in [0.717, 1.165) is 0 Å². The molecule has 128 valence electrons. The topological polar surface area (TPSA) is 76.2 Å². The summed E-state index contributed by atoms with van der Waals surface area (Å²) in [7, 11) is 1.25. The number of fused-ring (bicyclic) bond motifs is 1. The Morgan fingerprint density at radius 3 is 2.79 bits per heavy atom.